The molecule has 0 unspecified atom stereocenters. The monoisotopic (exact) mass is 382 g/mol. The van der Waals surface area contributed by atoms with Crippen LogP contribution in [0.15, 0.2) is 60.0 Å². The Morgan fingerprint density at radius 3 is 2.69 bits per heavy atom. The first kappa shape index (κ1) is 16.8. The van der Waals surface area contributed by atoms with Gasteiger partial charge < -0.3 is 5.32 Å². The van der Waals surface area contributed by atoms with E-state index < -0.39 is 0 Å². The van der Waals surface area contributed by atoms with E-state index in [9.17, 15) is 0 Å². The van der Waals surface area contributed by atoms with Gasteiger partial charge in [-0.05, 0) is 24.0 Å². The zero-order chi connectivity index (χ0) is 17.9. The van der Waals surface area contributed by atoms with Gasteiger partial charge in [0.05, 0.1) is 11.9 Å². The molecule has 0 aliphatic rings. The number of thioether (sulfide) groups is 1. The van der Waals surface area contributed by atoms with Crippen LogP contribution in [0.25, 0.3) is 16.9 Å². The minimum atomic E-state index is 0.505. The van der Waals surface area contributed by atoms with Gasteiger partial charge in [-0.2, -0.15) is 14.6 Å². The summed E-state index contributed by atoms with van der Waals surface area (Å²) in [7, 11) is 0. The molecule has 0 aliphatic carbocycles. The standard InChI is InChI=1S/C18H15ClN6S/c1-26-18-23-16-14(19)11-22-25(16)17(24-18)21-10-12-5-7-13(8-6-12)15-4-2-3-9-20-15/h2-9,11H,10H2,1H3,(H,21,23,24). The van der Waals surface area contributed by atoms with Crippen molar-refractivity contribution in [2.24, 2.45) is 0 Å². The molecule has 3 aromatic heterocycles. The van der Waals surface area contributed by atoms with Gasteiger partial charge in [-0.25, -0.2) is 4.98 Å². The zero-order valence-corrected chi connectivity index (χ0v) is 15.5. The Hall–Kier alpha value is -2.64. The van der Waals surface area contributed by atoms with Crippen molar-refractivity contribution in [2.75, 3.05) is 11.6 Å². The van der Waals surface area contributed by atoms with Crippen LogP contribution in [0.3, 0.4) is 0 Å². The number of rotatable bonds is 5. The predicted octanol–water partition coefficient (Wildman–Crippen LogP) is 4.17. The summed E-state index contributed by atoms with van der Waals surface area (Å²) in [6, 6.07) is 14.2. The molecular weight excluding hydrogens is 368 g/mol. The van der Waals surface area contributed by atoms with E-state index in [1.807, 2.05) is 24.5 Å². The smallest absolute Gasteiger partial charge is 0.228 e. The van der Waals surface area contributed by atoms with E-state index >= 15 is 0 Å². The summed E-state index contributed by atoms with van der Waals surface area (Å²) in [6.07, 6.45) is 5.29. The van der Waals surface area contributed by atoms with Gasteiger partial charge in [-0.3, -0.25) is 4.98 Å². The Balaban J connectivity index is 1.55. The van der Waals surface area contributed by atoms with Gasteiger partial charge in [0.2, 0.25) is 5.95 Å². The summed E-state index contributed by atoms with van der Waals surface area (Å²) in [5.74, 6) is 0.611. The van der Waals surface area contributed by atoms with Crippen molar-refractivity contribution in [1.82, 2.24) is 24.6 Å². The summed E-state index contributed by atoms with van der Waals surface area (Å²) >= 11 is 7.61. The van der Waals surface area contributed by atoms with Crippen molar-refractivity contribution in [2.45, 2.75) is 11.7 Å². The second kappa shape index (κ2) is 7.31. The third kappa shape index (κ3) is 3.36. The molecule has 0 bridgehead atoms. The molecule has 0 saturated carbocycles. The number of halogens is 1. The molecule has 0 atom stereocenters. The second-order valence-electron chi connectivity index (χ2n) is 5.53. The van der Waals surface area contributed by atoms with E-state index in [-0.39, 0.29) is 0 Å². The van der Waals surface area contributed by atoms with Crippen LogP contribution in [-0.2, 0) is 6.54 Å². The first-order valence-electron chi connectivity index (χ1n) is 7.94. The van der Waals surface area contributed by atoms with Gasteiger partial charge in [-0.1, -0.05) is 53.7 Å². The molecule has 130 valence electrons. The molecule has 0 aliphatic heterocycles. The fraction of sp³-hybridized carbons (Fsp3) is 0.111. The Morgan fingerprint density at radius 2 is 1.96 bits per heavy atom. The normalized spacial score (nSPS) is 11.0. The molecule has 4 aromatic rings. The van der Waals surface area contributed by atoms with Gasteiger partial charge in [0, 0.05) is 18.3 Å². The minimum Gasteiger partial charge on any atom is -0.350 e. The fourth-order valence-electron chi connectivity index (χ4n) is 2.55. The maximum absolute atomic E-state index is 6.15. The van der Waals surface area contributed by atoms with Crippen LogP contribution in [-0.4, -0.2) is 30.8 Å². The Bertz CT molecular complexity index is 1030. The lowest BCUT2D eigenvalue weighted by molar-refractivity contribution is 0.831. The summed E-state index contributed by atoms with van der Waals surface area (Å²) in [6.45, 7) is 0.611. The summed E-state index contributed by atoms with van der Waals surface area (Å²) < 4.78 is 1.62. The Labute approximate surface area is 159 Å². The topological polar surface area (TPSA) is 68.0 Å². The van der Waals surface area contributed by atoms with Crippen LogP contribution in [0.4, 0.5) is 5.95 Å². The molecule has 26 heavy (non-hydrogen) atoms. The average Bonchev–Trinajstić information content (AvgIpc) is 3.08. The van der Waals surface area contributed by atoms with Crippen molar-refractivity contribution in [3.63, 3.8) is 0 Å². The highest BCUT2D eigenvalue weighted by Gasteiger charge is 2.11. The van der Waals surface area contributed by atoms with Crippen LogP contribution < -0.4 is 5.32 Å². The van der Waals surface area contributed by atoms with Crippen molar-refractivity contribution in [1.29, 1.82) is 0 Å². The highest BCUT2D eigenvalue weighted by atomic mass is 35.5. The molecule has 0 radical (unpaired) electrons. The maximum atomic E-state index is 6.15. The molecular formula is C18H15ClN6S. The highest BCUT2D eigenvalue weighted by Crippen LogP contribution is 2.22. The number of anilines is 1. The Kier molecular flexibility index (Phi) is 4.73. The number of benzene rings is 1. The maximum Gasteiger partial charge on any atom is 0.228 e. The molecule has 0 spiro atoms. The predicted molar refractivity (Wildman–Crippen MR) is 105 cm³/mol. The van der Waals surface area contributed by atoms with Crippen LogP contribution in [0, 0.1) is 0 Å². The molecule has 4 rings (SSSR count). The average molecular weight is 383 g/mol. The van der Waals surface area contributed by atoms with Gasteiger partial charge in [0.1, 0.15) is 5.02 Å². The number of nitrogens with one attached hydrogen (secondary N) is 1. The van der Waals surface area contributed by atoms with Gasteiger partial charge in [0.15, 0.2) is 10.8 Å². The van der Waals surface area contributed by atoms with Crippen LogP contribution in [0.1, 0.15) is 5.56 Å². The Morgan fingerprint density at radius 1 is 1.12 bits per heavy atom. The number of hydrogen-bond acceptors (Lipinski definition) is 6. The van der Waals surface area contributed by atoms with Gasteiger partial charge >= 0.3 is 0 Å². The van der Waals surface area contributed by atoms with Crippen LogP contribution >= 0.6 is 23.4 Å². The lowest BCUT2D eigenvalue weighted by Crippen LogP contribution is -2.09. The number of aromatic nitrogens is 5. The van der Waals surface area contributed by atoms with Gasteiger partial charge in [0.25, 0.3) is 0 Å². The van der Waals surface area contributed by atoms with Crippen LogP contribution in [0.2, 0.25) is 5.02 Å². The molecule has 0 fully saturated rings. The SMILES string of the molecule is CSc1nc(NCc2ccc(-c3ccccn3)cc2)n2ncc(Cl)c2n1. The first-order chi connectivity index (χ1) is 12.7. The molecule has 0 amide bonds. The quantitative estimate of drug-likeness (QED) is 0.522. The fourth-order valence-corrected chi connectivity index (χ4v) is 3.07. The number of fused-ring (bicyclic) bond motifs is 1. The van der Waals surface area contributed by atoms with E-state index in [1.165, 1.54) is 11.8 Å². The third-order valence-electron chi connectivity index (χ3n) is 3.85. The molecule has 3 heterocycles. The molecule has 1 aromatic carbocycles. The van der Waals surface area contributed by atoms with Crippen molar-refractivity contribution >= 4 is 35.0 Å². The van der Waals surface area contributed by atoms with Gasteiger partial charge in [-0.15, -0.1) is 0 Å². The number of hydrogen-bond donors (Lipinski definition) is 1. The van der Waals surface area contributed by atoms with Crippen molar-refractivity contribution in [3.05, 3.63) is 65.4 Å². The molecule has 0 saturated heterocycles. The summed E-state index contributed by atoms with van der Waals surface area (Å²) in [5, 5.41) is 8.70. The number of nitrogens with zero attached hydrogens (tertiary/aromatic N) is 5. The van der Waals surface area contributed by atoms with Crippen LogP contribution in [0.5, 0.6) is 0 Å². The lowest BCUT2D eigenvalue weighted by Gasteiger charge is -2.09. The molecule has 8 heteroatoms. The van der Waals surface area contributed by atoms with E-state index in [4.69, 9.17) is 11.6 Å². The first-order valence-corrected chi connectivity index (χ1v) is 9.54. The molecule has 6 nitrogen and oxygen atoms in total. The largest absolute Gasteiger partial charge is 0.350 e. The number of pyridine rings is 1. The van der Waals surface area contributed by atoms with E-state index in [0.29, 0.717) is 28.3 Å². The van der Waals surface area contributed by atoms with Crippen molar-refractivity contribution < 1.29 is 0 Å². The summed E-state index contributed by atoms with van der Waals surface area (Å²) in [5.41, 5.74) is 3.77. The lowest BCUT2D eigenvalue weighted by atomic mass is 10.1. The van der Waals surface area contributed by atoms with E-state index in [1.54, 1.807) is 16.9 Å². The minimum absolute atomic E-state index is 0.505. The zero-order valence-electron chi connectivity index (χ0n) is 13.9. The highest BCUT2D eigenvalue weighted by molar-refractivity contribution is 7.98. The van der Waals surface area contributed by atoms with Crippen molar-refractivity contribution in [3.8, 4) is 11.3 Å². The van der Waals surface area contributed by atoms with E-state index in [2.05, 4.69) is 49.6 Å². The van der Waals surface area contributed by atoms with E-state index in [0.717, 1.165) is 16.8 Å². The molecule has 1 N–H and O–H groups in total. The summed E-state index contributed by atoms with van der Waals surface area (Å²) in [4.78, 5) is 13.2. The third-order valence-corrected chi connectivity index (χ3v) is 4.67. The second-order valence-corrected chi connectivity index (χ2v) is 6.71.